The maximum atomic E-state index is 10.4. The molecule has 0 saturated heterocycles. The van der Waals surface area contributed by atoms with Gasteiger partial charge in [0.1, 0.15) is 0 Å². The van der Waals surface area contributed by atoms with Gasteiger partial charge >= 0.3 is 0 Å². The smallest absolute Gasteiger partial charge is 0.193 e. The highest BCUT2D eigenvalue weighted by Gasteiger charge is 2.28. The Balaban J connectivity index is 3.90. The number of hydrogen-bond acceptors (Lipinski definition) is 3. The Bertz CT molecular complexity index is 92.0. The van der Waals surface area contributed by atoms with E-state index in [0.717, 1.165) is 0 Å². The first-order valence-corrected chi connectivity index (χ1v) is 3.34. The summed E-state index contributed by atoms with van der Waals surface area (Å²) in [6, 6.07) is 0. The van der Waals surface area contributed by atoms with Crippen LogP contribution in [0.4, 0.5) is 0 Å². The van der Waals surface area contributed by atoms with Crippen molar-refractivity contribution in [1.82, 2.24) is 0 Å². The van der Waals surface area contributed by atoms with Crippen molar-refractivity contribution in [3.05, 3.63) is 0 Å². The van der Waals surface area contributed by atoms with E-state index in [1.165, 1.54) is 13.8 Å². The van der Waals surface area contributed by atoms with E-state index in [2.05, 4.69) is 0 Å². The molecule has 8 heavy (non-hydrogen) atoms. The van der Waals surface area contributed by atoms with E-state index < -0.39 is 16.1 Å². The lowest BCUT2D eigenvalue weighted by atomic mass is 10.2. The average molecular weight is 135 g/mol. The Morgan fingerprint density at radius 2 is 2.12 bits per heavy atom. The molecule has 0 unspecified atom stereocenters. The zero-order valence-corrected chi connectivity index (χ0v) is 5.70. The molecule has 4 heteroatoms. The molecular weight excluding hydrogens is 126 g/mol. The lowest BCUT2D eigenvalue weighted by molar-refractivity contribution is -0.109. The largest absolute Gasteiger partial charge is 0.597 e. The van der Waals surface area contributed by atoms with Crippen molar-refractivity contribution in [2.45, 2.75) is 18.6 Å². The molecule has 0 aromatic rings. The zero-order valence-electron chi connectivity index (χ0n) is 4.88. The van der Waals surface area contributed by atoms with Gasteiger partial charge in [-0.2, -0.15) is 5.14 Å². The minimum Gasteiger partial charge on any atom is -0.597 e. The summed E-state index contributed by atoms with van der Waals surface area (Å²) in [5.41, 5.74) is 0. The highest BCUT2D eigenvalue weighted by Crippen LogP contribution is 2.07. The third-order valence-electron chi connectivity index (χ3n) is 0.802. The molecule has 0 saturated carbocycles. The fraction of sp³-hybridized carbons (Fsp3) is 0.750. The number of rotatable bonds is 2. The molecule has 0 aliphatic carbocycles. The van der Waals surface area contributed by atoms with Crippen LogP contribution in [-0.2, 0) is 16.2 Å². The van der Waals surface area contributed by atoms with Gasteiger partial charge in [0.05, 0.1) is 0 Å². The van der Waals surface area contributed by atoms with Crippen LogP contribution in [0, 0.1) is 0 Å². The highest BCUT2D eigenvalue weighted by molar-refractivity contribution is 7.91. The molecule has 0 fully saturated rings. The predicted molar refractivity (Wildman–Crippen MR) is 32.5 cm³/mol. The Morgan fingerprint density at radius 1 is 1.75 bits per heavy atom. The predicted octanol–water partition coefficient (Wildman–Crippen LogP) is -0.414. The molecule has 0 bridgehead atoms. The van der Waals surface area contributed by atoms with Crippen molar-refractivity contribution in [2.24, 2.45) is 5.14 Å². The van der Waals surface area contributed by atoms with Crippen LogP contribution in [0.2, 0.25) is 0 Å². The van der Waals surface area contributed by atoms with Crippen LogP contribution in [0.5, 0.6) is 0 Å². The summed E-state index contributed by atoms with van der Waals surface area (Å²) in [7, 11) is 0. The summed E-state index contributed by atoms with van der Waals surface area (Å²) < 4.78 is 9.47. The van der Waals surface area contributed by atoms with Crippen molar-refractivity contribution >= 4 is 17.6 Å². The van der Waals surface area contributed by atoms with E-state index in [4.69, 9.17) is 5.14 Å². The van der Waals surface area contributed by atoms with E-state index in [1.54, 1.807) is 0 Å². The standard InChI is InChI=1S/C4H9NO2S/c1-4(2,3-6)8(5)7/h3H,5H2,1-2H3/t8-/m0/s1. The van der Waals surface area contributed by atoms with E-state index >= 15 is 0 Å². The molecule has 0 rings (SSSR count). The molecule has 0 heterocycles. The Labute approximate surface area is 51.6 Å². The van der Waals surface area contributed by atoms with Crippen LogP contribution in [0.3, 0.4) is 0 Å². The van der Waals surface area contributed by atoms with Gasteiger partial charge in [-0.15, -0.1) is 0 Å². The quantitative estimate of drug-likeness (QED) is 0.413. The molecule has 0 aromatic carbocycles. The fourth-order valence-electron chi connectivity index (χ4n) is 0.0474. The Kier molecular flexibility index (Phi) is 2.46. The van der Waals surface area contributed by atoms with E-state index in [-0.39, 0.29) is 0 Å². The third kappa shape index (κ3) is 1.81. The van der Waals surface area contributed by atoms with Crippen molar-refractivity contribution in [1.29, 1.82) is 0 Å². The number of nitrogens with two attached hydrogens (primary N) is 1. The van der Waals surface area contributed by atoms with Gasteiger partial charge in [0, 0.05) is 11.4 Å². The molecule has 0 radical (unpaired) electrons. The maximum Gasteiger partial charge on any atom is 0.193 e. The molecule has 0 spiro atoms. The van der Waals surface area contributed by atoms with Gasteiger partial charge in [-0.05, 0) is 13.8 Å². The molecule has 0 amide bonds. The lowest BCUT2D eigenvalue weighted by Crippen LogP contribution is -2.38. The molecule has 2 N–H and O–H groups in total. The van der Waals surface area contributed by atoms with Crippen molar-refractivity contribution < 1.29 is 9.35 Å². The number of carbonyl (C=O) groups is 1. The second kappa shape index (κ2) is 2.48. The summed E-state index contributed by atoms with van der Waals surface area (Å²) in [5.74, 6) is 0. The first-order valence-electron chi connectivity index (χ1n) is 2.13. The summed E-state index contributed by atoms with van der Waals surface area (Å²) in [4.78, 5) is 10.00. The average Bonchev–Trinajstić information content (AvgIpc) is 1.67. The van der Waals surface area contributed by atoms with Gasteiger partial charge in [-0.3, -0.25) is 4.79 Å². The molecular formula is C4H9NO2S. The van der Waals surface area contributed by atoms with E-state index in [1.807, 2.05) is 0 Å². The molecule has 48 valence electrons. The molecule has 0 aliphatic rings. The topological polar surface area (TPSA) is 66.2 Å². The van der Waals surface area contributed by atoms with Gasteiger partial charge in [0.25, 0.3) is 0 Å². The third-order valence-corrected chi connectivity index (χ3v) is 1.94. The first-order chi connectivity index (χ1) is 3.50. The second-order valence-corrected chi connectivity index (χ2v) is 3.67. The molecule has 0 aromatic heterocycles. The van der Waals surface area contributed by atoms with Gasteiger partial charge < -0.3 is 4.55 Å². The van der Waals surface area contributed by atoms with Gasteiger partial charge in [0.2, 0.25) is 0 Å². The number of aldehydes is 1. The fourth-order valence-corrected chi connectivity index (χ4v) is 0.142. The van der Waals surface area contributed by atoms with E-state index in [9.17, 15) is 9.35 Å². The van der Waals surface area contributed by atoms with Crippen molar-refractivity contribution in [3.63, 3.8) is 0 Å². The minimum absolute atomic E-state index is 0.586. The van der Waals surface area contributed by atoms with Crippen LogP contribution in [0.15, 0.2) is 0 Å². The van der Waals surface area contributed by atoms with Gasteiger partial charge in [-0.1, -0.05) is 0 Å². The maximum absolute atomic E-state index is 10.4. The second-order valence-electron chi connectivity index (χ2n) is 2.02. The van der Waals surface area contributed by atoms with Crippen molar-refractivity contribution in [2.75, 3.05) is 0 Å². The van der Waals surface area contributed by atoms with E-state index in [0.29, 0.717) is 6.29 Å². The van der Waals surface area contributed by atoms with Crippen LogP contribution in [0.1, 0.15) is 13.8 Å². The summed E-state index contributed by atoms with van der Waals surface area (Å²) in [5, 5.41) is 4.92. The molecule has 3 nitrogen and oxygen atoms in total. The van der Waals surface area contributed by atoms with Crippen LogP contribution in [-0.4, -0.2) is 15.6 Å². The van der Waals surface area contributed by atoms with Gasteiger partial charge in [0.15, 0.2) is 11.0 Å². The van der Waals surface area contributed by atoms with Crippen LogP contribution < -0.4 is 5.14 Å². The Hall–Kier alpha value is -0.0600. The number of hydrogen-bond donors (Lipinski definition) is 1. The Morgan fingerprint density at radius 3 is 2.12 bits per heavy atom. The van der Waals surface area contributed by atoms with Crippen LogP contribution >= 0.6 is 0 Å². The highest BCUT2D eigenvalue weighted by atomic mass is 32.2. The normalized spacial score (nSPS) is 15.5. The van der Waals surface area contributed by atoms with Crippen molar-refractivity contribution in [3.8, 4) is 0 Å². The SMILES string of the molecule is CC(C)(C=O)[S@@+](N)[O-]. The lowest BCUT2D eigenvalue weighted by Gasteiger charge is -2.16. The summed E-state index contributed by atoms with van der Waals surface area (Å²) in [6.07, 6.45) is 0.586. The monoisotopic (exact) mass is 135 g/mol. The first kappa shape index (κ1) is 7.94. The van der Waals surface area contributed by atoms with Gasteiger partial charge in [-0.25, -0.2) is 0 Å². The summed E-state index contributed by atoms with van der Waals surface area (Å²) >= 11 is -1.54. The number of carbonyl (C=O) groups excluding carboxylic acids is 1. The van der Waals surface area contributed by atoms with Crippen LogP contribution in [0.25, 0.3) is 0 Å². The minimum atomic E-state index is -1.54. The molecule has 1 atom stereocenters. The molecule has 0 aliphatic heterocycles. The zero-order chi connectivity index (χ0) is 6.78. The summed E-state index contributed by atoms with van der Waals surface area (Å²) in [6.45, 7) is 3.05.